The van der Waals surface area contributed by atoms with Crippen LogP contribution in [0.1, 0.15) is 18.5 Å². The molecule has 0 aromatic carbocycles. The topological polar surface area (TPSA) is 28.2 Å². The molecule has 1 aromatic heterocycles. The standard InChI is InChI=1S/C12H21N3S/c1-10(13-2)11-6-5-7-14-12(11)16-9-8-15(3)4/h5-7,10,13H,8-9H2,1-4H3. The van der Waals surface area contributed by atoms with Gasteiger partial charge in [0, 0.05) is 30.1 Å². The Morgan fingerprint density at radius 1 is 1.50 bits per heavy atom. The number of rotatable bonds is 6. The number of nitrogens with one attached hydrogen (secondary N) is 1. The molecule has 1 N–H and O–H groups in total. The molecule has 0 saturated carbocycles. The first-order valence-corrected chi connectivity index (χ1v) is 6.53. The lowest BCUT2D eigenvalue weighted by molar-refractivity contribution is 0.437. The first kappa shape index (κ1) is 13.5. The van der Waals surface area contributed by atoms with Gasteiger partial charge in [-0.15, -0.1) is 11.8 Å². The smallest absolute Gasteiger partial charge is 0.101 e. The zero-order valence-corrected chi connectivity index (χ0v) is 11.3. The van der Waals surface area contributed by atoms with Gasteiger partial charge in [-0.25, -0.2) is 4.98 Å². The number of aromatic nitrogens is 1. The van der Waals surface area contributed by atoms with Crippen LogP contribution < -0.4 is 5.32 Å². The van der Waals surface area contributed by atoms with Crippen LogP contribution in [0.5, 0.6) is 0 Å². The van der Waals surface area contributed by atoms with Crippen LogP contribution in [0, 0.1) is 0 Å². The lowest BCUT2D eigenvalue weighted by Crippen LogP contribution is -2.16. The molecule has 0 amide bonds. The summed E-state index contributed by atoms with van der Waals surface area (Å²) in [5.74, 6) is 1.08. The van der Waals surface area contributed by atoms with Crippen molar-refractivity contribution >= 4 is 11.8 Å². The van der Waals surface area contributed by atoms with Crippen molar-refractivity contribution in [3.05, 3.63) is 23.9 Å². The Morgan fingerprint density at radius 2 is 2.25 bits per heavy atom. The molecule has 0 saturated heterocycles. The maximum atomic E-state index is 4.45. The average molecular weight is 239 g/mol. The Bertz CT molecular complexity index is 315. The highest BCUT2D eigenvalue weighted by Gasteiger charge is 2.09. The van der Waals surface area contributed by atoms with E-state index in [1.165, 1.54) is 5.56 Å². The molecule has 90 valence electrons. The molecule has 1 heterocycles. The van der Waals surface area contributed by atoms with E-state index in [9.17, 15) is 0 Å². The van der Waals surface area contributed by atoms with Crippen molar-refractivity contribution in [3.63, 3.8) is 0 Å². The molecule has 3 nitrogen and oxygen atoms in total. The zero-order valence-electron chi connectivity index (χ0n) is 10.5. The van der Waals surface area contributed by atoms with Crippen molar-refractivity contribution in [2.45, 2.75) is 18.0 Å². The van der Waals surface area contributed by atoms with Gasteiger partial charge in [0.15, 0.2) is 0 Å². The van der Waals surface area contributed by atoms with E-state index in [0.717, 1.165) is 17.3 Å². The molecule has 0 spiro atoms. The van der Waals surface area contributed by atoms with Crippen molar-refractivity contribution in [2.24, 2.45) is 0 Å². The molecule has 1 unspecified atom stereocenters. The molecule has 0 aliphatic heterocycles. The van der Waals surface area contributed by atoms with E-state index in [1.54, 1.807) is 0 Å². The second-order valence-electron chi connectivity index (χ2n) is 4.06. The lowest BCUT2D eigenvalue weighted by atomic mass is 10.1. The third kappa shape index (κ3) is 4.12. The fraction of sp³-hybridized carbons (Fsp3) is 0.583. The molecule has 1 rings (SSSR count). The summed E-state index contributed by atoms with van der Waals surface area (Å²) in [5.41, 5.74) is 1.29. The van der Waals surface area contributed by atoms with Crippen LogP contribution in [-0.4, -0.2) is 43.3 Å². The van der Waals surface area contributed by atoms with Gasteiger partial charge >= 0.3 is 0 Å². The molecule has 1 aromatic rings. The Hall–Kier alpha value is -0.580. The van der Waals surface area contributed by atoms with Gasteiger partial charge in [-0.3, -0.25) is 0 Å². The molecule has 0 radical (unpaired) electrons. The second-order valence-corrected chi connectivity index (χ2v) is 5.14. The van der Waals surface area contributed by atoms with Crippen molar-refractivity contribution in [3.8, 4) is 0 Å². The highest BCUT2D eigenvalue weighted by molar-refractivity contribution is 7.99. The second kappa shape index (κ2) is 6.89. The highest BCUT2D eigenvalue weighted by Crippen LogP contribution is 2.24. The minimum Gasteiger partial charge on any atom is -0.313 e. The van der Waals surface area contributed by atoms with E-state index in [2.05, 4.69) is 42.3 Å². The average Bonchev–Trinajstić information content (AvgIpc) is 2.28. The van der Waals surface area contributed by atoms with E-state index < -0.39 is 0 Å². The van der Waals surface area contributed by atoms with Crippen molar-refractivity contribution < 1.29 is 0 Å². The van der Waals surface area contributed by atoms with E-state index in [4.69, 9.17) is 0 Å². The summed E-state index contributed by atoms with van der Waals surface area (Å²) in [5, 5.41) is 4.40. The summed E-state index contributed by atoms with van der Waals surface area (Å²) in [7, 11) is 6.16. The van der Waals surface area contributed by atoms with Gasteiger partial charge in [0.1, 0.15) is 5.03 Å². The number of thioether (sulfide) groups is 1. The molecule has 16 heavy (non-hydrogen) atoms. The largest absolute Gasteiger partial charge is 0.313 e. The first-order chi connectivity index (χ1) is 7.65. The van der Waals surface area contributed by atoms with Crippen molar-refractivity contribution in [1.82, 2.24) is 15.2 Å². The third-order valence-corrected chi connectivity index (χ3v) is 3.48. The number of nitrogens with zero attached hydrogens (tertiary/aromatic N) is 2. The maximum Gasteiger partial charge on any atom is 0.101 e. The monoisotopic (exact) mass is 239 g/mol. The Morgan fingerprint density at radius 3 is 2.88 bits per heavy atom. The number of hydrogen-bond donors (Lipinski definition) is 1. The van der Waals surface area contributed by atoms with Gasteiger partial charge in [0.25, 0.3) is 0 Å². The van der Waals surface area contributed by atoms with Gasteiger partial charge < -0.3 is 10.2 Å². The van der Waals surface area contributed by atoms with Crippen LogP contribution in [0.25, 0.3) is 0 Å². The Kier molecular flexibility index (Phi) is 5.80. The molecule has 0 bridgehead atoms. The molecular weight excluding hydrogens is 218 g/mol. The SMILES string of the molecule is CNC(C)c1cccnc1SCCN(C)C. The minimum absolute atomic E-state index is 0.357. The molecule has 0 fully saturated rings. The van der Waals surface area contributed by atoms with Crippen molar-refractivity contribution in [1.29, 1.82) is 0 Å². The third-order valence-electron chi connectivity index (χ3n) is 2.48. The summed E-state index contributed by atoms with van der Waals surface area (Å²) < 4.78 is 0. The van der Waals surface area contributed by atoms with E-state index in [1.807, 2.05) is 31.1 Å². The number of hydrogen-bond acceptors (Lipinski definition) is 4. The normalized spacial score (nSPS) is 13.1. The van der Waals surface area contributed by atoms with E-state index in [-0.39, 0.29) is 0 Å². The first-order valence-electron chi connectivity index (χ1n) is 5.55. The van der Waals surface area contributed by atoms with Crippen LogP contribution in [0.4, 0.5) is 0 Å². The Labute approximate surface area is 103 Å². The quantitative estimate of drug-likeness (QED) is 0.769. The van der Waals surface area contributed by atoms with Crippen LogP contribution in [0.15, 0.2) is 23.4 Å². The van der Waals surface area contributed by atoms with Gasteiger partial charge in [0.2, 0.25) is 0 Å². The summed E-state index contributed by atoms with van der Waals surface area (Å²) >= 11 is 1.83. The van der Waals surface area contributed by atoms with Gasteiger partial charge in [-0.2, -0.15) is 0 Å². The lowest BCUT2D eigenvalue weighted by Gasteiger charge is -2.15. The molecule has 4 heteroatoms. The molecule has 0 aliphatic rings. The van der Waals surface area contributed by atoms with Gasteiger partial charge in [-0.1, -0.05) is 6.07 Å². The van der Waals surface area contributed by atoms with Crippen molar-refractivity contribution in [2.75, 3.05) is 33.4 Å². The van der Waals surface area contributed by atoms with Gasteiger partial charge in [0.05, 0.1) is 0 Å². The molecular formula is C12H21N3S. The summed E-state index contributed by atoms with van der Waals surface area (Å²) in [6.45, 7) is 3.24. The molecule has 0 aliphatic carbocycles. The molecule has 1 atom stereocenters. The Balaban J connectivity index is 2.64. The summed E-state index contributed by atoms with van der Waals surface area (Å²) in [4.78, 5) is 6.64. The zero-order chi connectivity index (χ0) is 12.0. The number of pyridine rings is 1. The fourth-order valence-electron chi connectivity index (χ4n) is 1.33. The maximum absolute atomic E-state index is 4.45. The summed E-state index contributed by atoms with van der Waals surface area (Å²) in [6, 6.07) is 4.50. The van der Waals surface area contributed by atoms with Crippen LogP contribution in [-0.2, 0) is 0 Å². The predicted molar refractivity (Wildman–Crippen MR) is 71.0 cm³/mol. The van der Waals surface area contributed by atoms with E-state index >= 15 is 0 Å². The van der Waals surface area contributed by atoms with Crippen LogP contribution in [0.3, 0.4) is 0 Å². The van der Waals surface area contributed by atoms with Crippen LogP contribution in [0.2, 0.25) is 0 Å². The minimum atomic E-state index is 0.357. The highest BCUT2D eigenvalue weighted by atomic mass is 32.2. The fourth-order valence-corrected chi connectivity index (χ4v) is 2.53. The van der Waals surface area contributed by atoms with Gasteiger partial charge in [-0.05, 0) is 34.1 Å². The summed E-state index contributed by atoms with van der Waals surface area (Å²) in [6.07, 6.45) is 1.86. The van der Waals surface area contributed by atoms with Crippen LogP contribution >= 0.6 is 11.8 Å². The van der Waals surface area contributed by atoms with E-state index in [0.29, 0.717) is 6.04 Å². The predicted octanol–water partition coefficient (Wildman–Crippen LogP) is 2.02.